The smallest absolute Gasteiger partial charge is 0.253 e. The van der Waals surface area contributed by atoms with E-state index in [4.69, 9.17) is 0 Å². The van der Waals surface area contributed by atoms with Crippen LogP contribution in [0, 0.1) is 6.92 Å². The number of nitrogens with one attached hydrogen (secondary N) is 3. The van der Waals surface area contributed by atoms with Crippen molar-refractivity contribution in [3.63, 3.8) is 0 Å². The summed E-state index contributed by atoms with van der Waals surface area (Å²) < 4.78 is 25.7. The van der Waals surface area contributed by atoms with Crippen molar-refractivity contribution in [3.8, 4) is 0 Å². The quantitative estimate of drug-likeness (QED) is 0.594. The van der Waals surface area contributed by atoms with Crippen LogP contribution >= 0.6 is 0 Å². The van der Waals surface area contributed by atoms with Crippen molar-refractivity contribution < 1.29 is 18.0 Å². The van der Waals surface area contributed by atoms with Crippen LogP contribution in [-0.2, 0) is 14.8 Å². The molecule has 162 valence electrons. The lowest BCUT2D eigenvalue weighted by molar-refractivity contribution is -0.114. The highest BCUT2D eigenvalue weighted by Gasteiger charge is 2.19. The van der Waals surface area contributed by atoms with Gasteiger partial charge >= 0.3 is 0 Å². The molecule has 1 atom stereocenters. The van der Waals surface area contributed by atoms with E-state index in [2.05, 4.69) is 15.4 Å². The maximum Gasteiger partial charge on any atom is 0.253 e. The number of hydrogen-bond acceptors (Lipinski definition) is 5. The fourth-order valence-electron chi connectivity index (χ4n) is 2.97. The van der Waals surface area contributed by atoms with Crippen LogP contribution in [-0.4, -0.2) is 52.0 Å². The van der Waals surface area contributed by atoms with E-state index >= 15 is 0 Å². The van der Waals surface area contributed by atoms with Crippen LogP contribution in [0.15, 0.2) is 42.5 Å². The minimum Gasteiger partial charge on any atom is -0.350 e. The fraction of sp³-hybridized carbons (Fsp3) is 0.333. The lowest BCUT2D eigenvalue weighted by atomic mass is 10.0. The molecule has 0 fully saturated rings. The second-order valence-corrected chi connectivity index (χ2v) is 9.16. The SMILES string of the molecule is CC(=O)Nc1ccc(NS(C)(=O)=O)c(C(=O)NCC(c2ccc(C)cc2)N(C)C)c1. The molecule has 8 nitrogen and oxygen atoms in total. The number of sulfonamides is 1. The van der Waals surface area contributed by atoms with Gasteiger partial charge in [-0.05, 0) is 44.8 Å². The van der Waals surface area contributed by atoms with E-state index in [-0.39, 0.29) is 23.2 Å². The lowest BCUT2D eigenvalue weighted by Gasteiger charge is -2.25. The molecule has 0 aromatic heterocycles. The van der Waals surface area contributed by atoms with E-state index in [1.54, 1.807) is 0 Å². The van der Waals surface area contributed by atoms with Crippen molar-refractivity contribution in [2.45, 2.75) is 19.9 Å². The lowest BCUT2D eigenvalue weighted by Crippen LogP contribution is -2.35. The van der Waals surface area contributed by atoms with E-state index in [0.29, 0.717) is 12.2 Å². The van der Waals surface area contributed by atoms with Gasteiger partial charge in [0.15, 0.2) is 0 Å². The Kier molecular flexibility index (Phi) is 7.58. The summed E-state index contributed by atoms with van der Waals surface area (Å²) in [6.07, 6.45) is 1.01. The second-order valence-electron chi connectivity index (χ2n) is 7.42. The Morgan fingerprint density at radius 1 is 1.07 bits per heavy atom. The first-order valence-corrected chi connectivity index (χ1v) is 11.3. The van der Waals surface area contributed by atoms with Crippen molar-refractivity contribution in [2.75, 3.05) is 36.9 Å². The van der Waals surface area contributed by atoms with Crippen LogP contribution in [0.2, 0.25) is 0 Å². The molecule has 2 aromatic rings. The van der Waals surface area contributed by atoms with Crippen LogP contribution in [0.1, 0.15) is 34.5 Å². The van der Waals surface area contributed by atoms with Gasteiger partial charge in [0.05, 0.1) is 23.5 Å². The number of aryl methyl sites for hydroxylation is 1. The Labute approximate surface area is 177 Å². The summed E-state index contributed by atoms with van der Waals surface area (Å²) >= 11 is 0. The number of hydrogen-bond donors (Lipinski definition) is 3. The summed E-state index contributed by atoms with van der Waals surface area (Å²) in [5.74, 6) is -0.746. The summed E-state index contributed by atoms with van der Waals surface area (Å²) in [7, 11) is 0.256. The molecule has 1 unspecified atom stereocenters. The van der Waals surface area contributed by atoms with Gasteiger partial charge in [-0.1, -0.05) is 29.8 Å². The van der Waals surface area contributed by atoms with Crippen molar-refractivity contribution in [3.05, 3.63) is 59.2 Å². The molecule has 2 rings (SSSR count). The highest BCUT2D eigenvalue weighted by atomic mass is 32.2. The van der Waals surface area contributed by atoms with E-state index in [1.165, 1.54) is 25.1 Å². The van der Waals surface area contributed by atoms with E-state index in [0.717, 1.165) is 17.4 Å². The van der Waals surface area contributed by atoms with E-state index in [1.807, 2.05) is 50.2 Å². The van der Waals surface area contributed by atoms with Crippen molar-refractivity contribution in [1.82, 2.24) is 10.2 Å². The van der Waals surface area contributed by atoms with Gasteiger partial charge in [0.2, 0.25) is 15.9 Å². The zero-order valence-electron chi connectivity index (χ0n) is 17.8. The van der Waals surface area contributed by atoms with Gasteiger partial charge in [-0.3, -0.25) is 14.3 Å². The number of benzene rings is 2. The third kappa shape index (κ3) is 6.85. The fourth-order valence-corrected chi connectivity index (χ4v) is 3.55. The van der Waals surface area contributed by atoms with Crippen LogP contribution in [0.25, 0.3) is 0 Å². The van der Waals surface area contributed by atoms with Gasteiger partial charge in [0, 0.05) is 19.2 Å². The van der Waals surface area contributed by atoms with Crippen molar-refractivity contribution in [2.24, 2.45) is 0 Å². The molecule has 30 heavy (non-hydrogen) atoms. The summed E-state index contributed by atoms with van der Waals surface area (Å²) in [4.78, 5) is 26.3. The normalized spacial score (nSPS) is 12.3. The molecule has 0 aliphatic heterocycles. The monoisotopic (exact) mass is 432 g/mol. The first-order chi connectivity index (χ1) is 14.0. The zero-order valence-corrected chi connectivity index (χ0v) is 18.6. The number of carbonyl (C=O) groups is 2. The van der Waals surface area contributed by atoms with Gasteiger partial charge < -0.3 is 15.5 Å². The molecule has 2 amide bonds. The molecule has 3 N–H and O–H groups in total. The van der Waals surface area contributed by atoms with Crippen LogP contribution < -0.4 is 15.4 Å². The largest absolute Gasteiger partial charge is 0.350 e. The van der Waals surface area contributed by atoms with Gasteiger partial charge in [0.1, 0.15) is 0 Å². The molecule has 2 aromatic carbocycles. The molecular weight excluding hydrogens is 404 g/mol. The second kappa shape index (κ2) is 9.73. The molecule has 0 saturated carbocycles. The van der Waals surface area contributed by atoms with E-state index < -0.39 is 15.9 Å². The number of amides is 2. The zero-order chi connectivity index (χ0) is 22.5. The predicted molar refractivity (Wildman–Crippen MR) is 119 cm³/mol. The Balaban J connectivity index is 2.28. The van der Waals surface area contributed by atoms with Gasteiger partial charge in [0.25, 0.3) is 5.91 Å². The minimum absolute atomic E-state index is 0.0700. The highest BCUT2D eigenvalue weighted by molar-refractivity contribution is 7.92. The van der Waals surface area contributed by atoms with Crippen molar-refractivity contribution >= 4 is 33.2 Å². The van der Waals surface area contributed by atoms with Gasteiger partial charge in [-0.25, -0.2) is 8.42 Å². The molecule has 0 bridgehead atoms. The average Bonchev–Trinajstić information content (AvgIpc) is 2.62. The number of carbonyl (C=O) groups excluding carboxylic acids is 2. The van der Waals surface area contributed by atoms with Gasteiger partial charge in [-0.2, -0.15) is 0 Å². The summed E-state index contributed by atoms with van der Waals surface area (Å²) in [6, 6.07) is 12.4. The third-order valence-corrected chi connectivity index (χ3v) is 5.01. The standard InChI is InChI=1S/C21H28N4O4S/c1-14-6-8-16(9-7-14)20(25(3)4)13-22-21(27)18-12-17(23-15(2)26)10-11-19(18)24-30(5,28)29/h6-12,20,24H,13H2,1-5H3,(H,22,27)(H,23,26). The van der Waals surface area contributed by atoms with E-state index in [9.17, 15) is 18.0 Å². The Morgan fingerprint density at radius 3 is 2.23 bits per heavy atom. The predicted octanol–water partition coefficient (Wildman–Crippen LogP) is 2.36. The average molecular weight is 433 g/mol. The molecule has 9 heteroatoms. The maximum atomic E-state index is 12.9. The first kappa shape index (κ1) is 23.4. The Morgan fingerprint density at radius 2 is 1.70 bits per heavy atom. The number of rotatable bonds is 8. The summed E-state index contributed by atoms with van der Waals surface area (Å²) in [6.45, 7) is 3.68. The van der Waals surface area contributed by atoms with Crippen molar-refractivity contribution in [1.29, 1.82) is 0 Å². The van der Waals surface area contributed by atoms with Crippen LogP contribution in [0.4, 0.5) is 11.4 Å². The summed E-state index contributed by atoms with van der Waals surface area (Å²) in [5, 5.41) is 5.47. The molecule has 0 radical (unpaired) electrons. The third-order valence-electron chi connectivity index (χ3n) is 4.42. The van der Waals surface area contributed by atoms with Crippen LogP contribution in [0.3, 0.4) is 0 Å². The molecule has 0 aliphatic rings. The first-order valence-electron chi connectivity index (χ1n) is 9.37. The highest BCUT2D eigenvalue weighted by Crippen LogP contribution is 2.23. The maximum absolute atomic E-state index is 12.9. The molecule has 0 heterocycles. The molecule has 0 spiro atoms. The van der Waals surface area contributed by atoms with Gasteiger partial charge in [-0.15, -0.1) is 0 Å². The Bertz CT molecular complexity index is 1020. The molecule has 0 aliphatic carbocycles. The number of nitrogens with zero attached hydrogens (tertiary/aromatic N) is 1. The van der Waals surface area contributed by atoms with Crippen LogP contribution in [0.5, 0.6) is 0 Å². The summed E-state index contributed by atoms with van der Waals surface area (Å²) in [5.41, 5.74) is 2.85. The minimum atomic E-state index is -3.59. The number of likely N-dealkylation sites (N-methyl/N-ethyl adjacent to an activating group) is 1. The molecular formula is C21H28N4O4S. The Hall–Kier alpha value is -2.91. The topological polar surface area (TPSA) is 108 Å². The molecule has 0 saturated heterocycles. The number of anilines is 2.